The number of carbonyl (C=O) groups is 1. The molecule has 5 nitrogen and oxygen atoms in total. The number of pyridine rings is 1. The van der Waals surface area contributed by atoms with Gasteiger partial charge in [-0.2, -0.15) is 0 Å². The Kier molecular flexibility index (Phi) is 4.05. The summed E-state index contributed by atoms with van der Waals surface area (Å²) >= 11 is 1.41. The number of imidazole rings is 1. The highest BCUT2D eigenvalue weighted by Gasteiger charge is 2.14. The van der Waals surface area contributed by atoms with E-state index in [1.165, 1.54) is 22.5 Å². The number of fused-ring (bicyclic) bond motifs is 1. The first kappa shape index (κ1) is 16.5. The number of benzene rings is 1. The van der Waals surface area contributed by atoms with Crippen molar-refractivity contribution < 1.29 is 4.79 Å². The van der Waals surface area contributed by atoms with E-state index in [9.17, 15) is 4.79 Å². The first-order valence-electron chi connectivity index (χ1n) is 8.29. The van der Waals surface area contributed by atoms with Crippen molar-refractivity contribution in [3.05, 3.63) is 70.5 Å². The Labute approximate surface area is 155 Å². The molecular weight excluding hydrogens is 344 g/mol. The maximum absolute atomic E-state index is 12.5. The van der Waals surface area contributed by atoms with Crippen LogP contribution in [0.4, 0.5) is 5.13 Å². The number of anilines is 1. The minimum absolute atomic E-state index is 0.257. The van der Waals surface area contributed by atoms with Crippen LogP contribution < -0.4 is 5.32 Å². The van der Waals surface area contributed by atoms with Crippen LogP contribution in [0.1, 0.15) is 27.2 Å². The van der Waals surface area contributed by atoms with Crippen molar-refractivity contribution in [2.24, 2.45) is 0 Å². The summed E-state index contributed by atoms with van der Waals surface area (Å²) < 4.78 is 1.84. The summed E-state index contributed by atoms with van der Waals surface area (Å²) in [7, 11) is 0. The molecule has 4 aromatic rings. The number of amides is 1. The van der Waals surface area contributed by atoms with Gasteiger partial charge in [-0.05, 0) is 55.7 Å². The summed E-state index contributed by atoms with van der Waals surface area (Å²) in [5.74, 6) is -0.257. The SMILES string of the molecule is Cc1ccn2cc(C(=O)Nc3nc(-c4ccc(C)c(C)c4)cs3)nc2c1. The van der Waals surface area contributed by atoms with E-state index in [1.54, 1.807) is 6.20 Å². The smallest absolute Gasteiger partial charge is 0.277 e. The molecule has 0 radical (unpaired) electrons. The Morgan fingerprint density at radius 1 is 1.08 bits per heavy atom. The van der Waals surface area contributed by atoms with Crippen LogP contribution in [0.3, 0.4) is 0 Å². The van der Waals surface area contributed by atoms with E-state index in [-0.39, 0.29) is 5.91 Å². The lowest BCUT2D eigenvalue weighted by Crippen LogP contribution is -2.12. The summed E-state index contributed by atoms with van der Waals surface area (Å²) in [6.45, 7) is 6.17. The van der Waals surface area contributed by atoms with Gasteiger partial charge in [-0.3, -0.25) is 10.1 Å². The number of aromatic nitrogens is 3. The summed E-state index contributed by atoms with van der Waals surface area (Å²) in [6, 6.07) is 10.2. The summed E-state index contributed by atoms with van der Waals surface area (Å²) in [4.78, 5) is 21.4. The van der Waals surface area contributed by atoms with Gasteiger partial charge in [0.2, 0.25) is 0 Å². The highest BCUT2D eigenvalue weighted by molar-refractivity contribution is 7.14. The third-order valence-electron chi connectivity index (χ3n) is 4.38. The van der Waals surface area contributed by atoms with Crippen LogP contribution in [-0.4, -0.2) is 20.3 Å². The number of rotatable bonds is 3. The predicted molar refractivity (Wildman–Crippen MR) is 105 cm³/mol. The Morgan fingerprint density at radius 3 is 2.73 bits per heavy atom. The van der Waals surface area contributed by atoms with Gasteiger partial charge in [0.15, 0.2) is 5.13 Å². The molecule has 0 atom stereocenters. The number of carbonyl (C=O) groups excluding carboxylic acids is 1. The predicted octanol–water partition coefficient (Wildman–Crippen LogP) is 4.64. The Hall–Kier alpha value is -2.99. The summed E-state index contributed by atoms with van der Waals surface area (Å²) in [6.07, 6.45) is 3.62. The molecule has 0 saturated carbocycles. The fourth-order valence-electron chi connectivity index (χ4n) is 2.72. The van der Waals surface area contributed by atoms with Crippen molar-refractivity contribution in [2.45, 2.75) is 20.8 Å². The fourth-order valence-corrected chi connectivity index (χ4v) is 3.43. The molecule has 3 aromatic heterocycles. The van der Waals surface area contributed by atoms with Crippen LogP contribution >= 0.6 is 11.3 Å². The average Bonchev–Trinajstić information content (AvgIpc) is 3.23. The topological polar surface area (TPSA) is 59.3 Å². The molecule has 3 heterocycles. The molecule has 0 aliphatic rings. The van der Waals surface area contributed by atoms with E-state index < -0.39 is 0 Å². The molecule has 130 valence electrons. The van der Waals surface area contributed by atoms with Crippen molar-refractivity contribution in [1.29, 1.82) is 0 Å². The highest BCUT2D eigenvalue weighted by atomic mass is 32.1. The van der Waals surface area contributed by atoms with Gasteiger partial charge in [0.05, 0.1) is 5.69 Å². The molecule has 0 aliphatic heterocycles. The van der Waals surface area contributed by atoms with E-state index in [1.807, 2.05) is 41.1 Å². The zero-order valence-electron chi connectivity index (χ0n) is 14.8. The van der Waals surface area contributed by atoms with Crippen molar-refractivity contribution in [2.75, 3.05) is 5.32 Å². The van der Waals surface area contributed by atoms with Crippen LogP contribution in [0.5, 0.6) is 0 Å². The third-order valence-corrected chi connectivity index (χ3v) is 5.13. The molecule has 1 aromatic carbocycles. The third kappa shape index (κ3) is 3.11. The standard InChI is InChI=1S/C20H18N4OS/c1-12-6-7-24-10-16(21-18(24)8-12)19(25)23-20-22-17(11-26-20)15-5-4-13(2)14(3)9-15/h4-11H,1-3H3,(H,22,23,25). The van der Waals surface area contributed by atoms with Gasteiger partial charge >= 0.3 is 0 Å². The molecule has 0 saturated heterocycles. The fraction of sp³-hybridized carbons (Fsp3) is 0.150. The molecule has 1 N–H and O–H groups in total. The first-order valence-corrected chi connectivity index (χ1v) is 9.17. The van der Waals surface area contributed by atoms with Gasteiger partial charge in [0, 0.05) is 23.3 Å². The van der Waals surface area contributed by atoms with E-state index in [0.29, 0.717) is 10.8 Å². The monoisotopic (exact) mass is 362 g/mol. The molecule has 0 fully saturated rings. The van der Waals surface area contributed by atoms with Gasteiger partial charge in [-0.25, -0.2) is 9.97 Å². The molecule has 6 heteroatoms. The maximum atomic E-state index is 12.5. The molecule has 0 spiro atoms. The van der Waals surface area contributed by atoms with Crippen molar-refractivity contribution in [3.8, 4) is 11.3 Å². The normalized spacial score (nSPS) is 11.0. The Morgan fingerprint density at radius 2 is 1.92 bits per heavy atom. The lowest BCUT2D eigenvalue weighted by Gasteiger charge is -2.02. The van der Waals surface area contributed by atoms with E-state index in [4.69, 9.17) is 0 Å². The molecule has 0 unspecified atom stereocenters. The van der Waals surface area contributed by atoms with Gasteiger partial charge in [-0.1, -0.05) is 12.1 Å². The van der Waals surface area contributed by atoms with Gasteiger partial charge < -0.3 is 4.40 Å². The van der Waals surface area contributed by atoms with Crippen molar-refractivity contribution >= 4 is 28.0 Å². The number of hydrogen-bond acceptors (Lipinski definition) is 4. The molecule has 4 rings (SSSR count). The first-order chi connectivity index (χ1) is 12.5. The Bertz CT molecular complexity index is 1130. The zero-order valence-corrected chi connectivity index (χ0v) is 15.6. The highest BCUT2D eigenvalue weighted by Crippen LogP contribution is 2.26. The molecule has 0 bridgehead atoms. The maximum Gasteiger partial charge on any atom is 0.277 e. The molecular formula is C20H18N4OS. The van der Waals surface area contributed by atoms with Gasteiger partial charge in [-0.15, -0.1) is 11.3 Å². The largest absolute Gasteiger partial charge is 0.306 e. The van der Waals surface area contributed by atoms with E-state index >= 15 is 0 Å². The van der Waals surface area contributed by atoms with Crippen LogP contribution in [0.25, 0.3) is 16.9 Å². The number of hydrogen-bond donors (Lipinski definition) is 1. The molecule has 1 amide bonds. The minimum Gasteiger partial charge on any atom is -0.306 e. The molecule has 26 heavy (non-hydrogen) atoms. The van der Waals surface area contributed by atoms with E-state index in [0.717, 1.165) is 22.5 Å². The van der Waals surface area contributed by atoms with E-state index in [2.05, 4.69) is 41.3 Å². The zero-order chi connectivity index (χ0) is 18.3. The average molecular weight is 362 g/mol. The van der Waals surface area contributed by atoms with Crippen LogP contribution in [-0.2, 0) is 0 Å². The lowest BCUT2D eigenvalue weighted by molar-refractivity contribution is 0.102. The number of nitrogens with zero attached hydrogens (tertiary/aromatic N) is 3. The number of nitrogens with one attached hydrogen (secondary N) is 1. The second kappa shape index (κ2) is 6.38. The lowest BCUT2D eigenvalue weighted by atomic mass is 10.1. The number of thiazole rings is 1. The second-order valence-corrected chi connectivity index (χ2v) is 7.24. The van der Waals surface area contributed by atoms with Gasteiger partial charge in [0.25, 0.3) is 5.91 Å². The summed E-state index contributed by atoms with van der Waals surface area (Å²) in [5, 5.41) is 5.36. The van der Waals surface area contributed by atoms with Crippen LogP contribution in [0, 0.1) is 20.8 Å². The minimum atomic E-state index is -0.257. The molecule has 0 aliphatic carbocycles. The second-order valence-electron chi connectivity index (χ2n) is 6.39. The quantitative estimate of drug-likeness (QED) is 0.578. The summed E-state index contributed by atoms with van der Waals surface area (Å²) in [5.41, 5.74) is 6.62. The van der Waals surface area contributed by atoms with Crippen LogP contribution in [0.15, 0.2) is 48.1 Å². The van der Waals surface area contributed by atoms with Crippen LogP contribution in [0.2, 0.25) is 0 Å². The van der Waals surface area contributed by atoms with Crippen molar-refractivity contribution in [1.82, 2.24) is 14.4 Å². The number of aryl methyl sites for hydroxylation is 3. The van der Waals surface area contributed by atoms with Gasteiger partial charge in [0.1, 0.15) is 11.3 Å². The van der Waals surface area contributed by atoms with Crippen molar-refractivity contribution in [3.63, 3.8) is 0 Å². The Balaban J connectivity index is 1.56.